The van der Waals surface area contributed by atoms with Crippen molar-refractivity contribution in [2.45, 2.75) is 41.2 Å². The van der Waals surface area contributed by atoms with E-state index in [0.717, 1.165) is 35.3 Å². The van der Waals surface area contributed by atoms with Crippen molar-refractivity contribution < 1.29 is 8.42 Å². The van der Waals surface area contributed by atoms with Gasteiger partial charge < -0.3 is 9.13 Å². The molecule has 3 aromatic rings. The van der Waals surface area contributed by atoms with Crippen molar-refractivity contribution in [1.29, 1.82) is 0 Å². The Balaban J connectivity index is 2.34. The van der Waals surface area contributed by atoms with Gasteiger partial charge in [-0.25, -0.2) is 13.4 Å². The number of rotatable bonds is 4. The van der Waals surface area contributed by atoms with Crippen LogP contribution in [-0.4, -0.2) is 28.8 Å². The minimum atomic E-state index is -3.48. The lowest BCUT2D eigenvalue weighted by molar-refractivity contribution is 0.345. The van der Waals surface area contributed by atoms with Gasteiger partial charge in [-0.3, -0.25) is 9.52 Å². The quantitative estimate of drug-likeness (QED) is 0.706. The molecule has 2 aromatic heterocycles. The highest BCUT2D eigenvalue weighted by Gasteiger charge is 2.20. The lowest BCUT2D eigenvalue weighted by Gasteiger charge is -2.21. The van der Waals surface area contributed by atoms with Crippen LogP contribution in [0.25, 0.3) is 22.2 Å². The predicted molar refractivity (Wildman–Crippen MR) is 118 cm³/mol. The van der Waals surface area contributed by atoms with Gasteiger partial charge in [-0.1, -0.05) is 20.8 Å². The van der Waals surface area contributed by atoms with Crippen LogP contribution >= 0.6 is 0 Å². The summed E-state index contributed by atoms with van der Waals surface area (Å²) >= 11 is 0. The van der Waals surface area contributed by atoms with E-state index in [0.29, 0.717) is 16.8 Å². The van der Waals surface area contributed by atoms with E-state index in [1.165, 1.54) is 4.57 Å². The number of fused-ring (bicyclic) bond motifs is 1. The van der Waals surface area contributed by atoms with Crippen molar-refractivity contribution in [3.63, 3.8) is 0 Å². The normalized spacial score (nSPS) is 12.5. The first-order chi connectivity index (χ1) is 13.2. The molecule has 156 valence electrons. The first-order valence-electron chi connectivity index (χ1n) is 9.41. The maximum Gasteiger partial charge on any atom is 0.253 e. The smallest absolute Gasteiger partial charge is 0.253 e. The largest absolute Gasteiger partial charge is 0.328 e. The molecule has 0 aliphatic rings. The van der Waals surface area contributed by atoms with E-state index >= 15 is 0 Å². The van der Waals surface area contributed by atoms with E-state index in [2.05, 4.69) is 35.0 Å². The van der Waals surface area contributed by atoms with Crippen molar-refractivity contribution in [1.82, 2.24) is 14.1 Å². The number of nitrogens with one attached hydrogen (secondary N) is 1. The molecular formula is C21H28N4O3S. The SMILES string of the molecule is Cc1cc(-c2cc(NS(C)(=O)=O)c3nc(C)n(CC(C)(C)C)c3c2)cn(C)c1=O. The van der Waals surface area contributed by atoms with Crippen molar-refractivity contribution >= 4 is 26.7 Å². The van der Waals surface area contributed by atoms with Crippen LogP contribution in [-0.2, 0) is 23.6 Å². The third-order valence-corrected chi connectivity index (χ3v) is 5.26. The van der Waals surface area contributed by atoms with Gasteiger partial charge in [-0.05, 0) is 48.6 Å². The van der Waals surface area contributed by atoms with Gasteiger partial charge in [0.05, 0.1) is 17.5 Å². The highest BCUT2D eigenvalue weighted by molar-refractivity contribution is 7.92. The number of aromatic nitrogens is 3. The van der Waals surface area contributed by atoms with Gasteiger partial charge in [0, 0.05) is 25.4 Å². The second-order valence-electron chi connectivity index (χ2n) is 8.90. The minimum absolute atomic E-state index is 0.0199. The first-order valence-corrected chi connectivity index (χ1v) is 11.3. The van der Waals surface area contributed by atoms with E-state index in [1.807, 2.05) is 19.1 Å². The summed E-state index contributed by atoms with van der Waals surface area (Å²) in [5.74, 6) is 0.820. The van der Waals surface area contributed by atoms with E-state index in [4.69, 9.17) is 0 Å². The monoisotopic (exact) mass is 416 g/mol. The fourth-order valence-corrected chi connectivity index (χ4v) is 4.05. The summed E-state index contributed by atoms with van der Waals surface area (Å²) in [6.45, 7) is 10.9. The van der Waals surface area contributed by atoms with Crippen LogP contribution in [0.15, 0.2) is 29.2 Å². The summed E-state index contributed by atoms with van der Waals surface area (Å²) < 4.78 is 30.2. The molecule has 0 atom stereocenters. The van der Waals surface area contributed by atoms with Gasteiger partial charge in [0.1, 0.15) is 11.3 Å². The molecule has 0 aliphatic heterocycles. The average molecular weight is 417 g/mol. The Morgan fingerprint density at radius 1 is 1.10 bits per heavy atom. The van der Waals surface area contributed by atoms with Crippen LogP contribution in [0, 0.1) is 19.3 Å². The molecule has 0 amide bonds. The molecule has 3 rings (SSSR count). The number of hydrogen-bond acceptors (Lipinski definition) is 4. The first kappa shape index (κ1) is 21.1. The van der Waals surface area contributed by atoms with Crippen LogP contribution < -0.4 is 10.3 Å². The van der Waals surface area contributed by atoms with Crippen LogP contribution in [0.4, 0.5) is 5.69 Å². The van der Waals surface area contributed by atoms with Gasteiger partial charge in [-0.2, -0.15) is 0 Å². The molecule has 1 aromatic carbocycles. The van der Waals surface area contributed by atoms with Gasteiger partial charge in [0.15, 0.2) is 0 Å². The zero-order chi connectivity index (χ0) is 21.7. The Hall–Kier alpha value is -2.61. The standard InChI is InChI=1S/C21H28N4O3S/c1-13-8-16(11-24(6)20(13)26)15-9-17(23-29(7,27)28)19-18(10-15)25(14(2)22-19)12-21(3,4)5/h8-11,23H,12H2,1-7H3. The molecule has 0 spiro atoms. The molecule has 0 aliphatic carbocycles. The molecule has 1 N–H and O–H groups in total. The molecule has 29 heavy (non-hydrogen) atoms. The molecule has 0 radical (unpaired) electrons. The zero-order valence-electron chi connectivity index (χ0n) is 18.0. The topological polar surface area (TPSA) is 86.0 Å². The maximum absolute atomic E-state index is 12.1. The van der Waals surface area contributed by atoms with Crippen molar-refractivity contribution in [2.24, 2.45) is 12.5 Å². The summed E-state index contributed by atoms with van der Waals surface area (Å²) in [5, 5.41) is 0. The molecule has 0 saturated carbocycles. The zero-order valence-corrected chi connectivity index (χ0v) is 18.8. The average Bonchev–Trinajstić information content (AvgIpc) is 2.85. The molecule has 0 unspecified atom stereocenters. The number of sulfonamides is 1. The molecule has 0 bridgehead atoms. The Kier molecular flexibility index (Phi) is 5.11. The molecule has 0 fully saturated rings. The molecular weight excluding hydrogens is 388 g/mol. The summed E-state index contributed by atoms with van der Waals surface area (Å²) in [5.41, 5.74) is 4.14. The number of aryl methyl sites for hydroxylation is 3. The molecule has 8 heteroatoms. The molecule has 0 saturated heterocycles. The van der Waals surface area contributed by atoms with E-state index < -0.39 is 10.0 Å². The van der Waals surface area contributed by atoms with Gasteiger partial charge >= 0.3 is 0 Å². The Labute approximate surface area is 171 Å². The third kappa shape index (κ3) is 4.53. The van der Waals surface area contributed by atoms with Crippen LogP contribution in [0.3, 0.4) is 0 Å². The number of pyridine rings is 1. The third-order valence-electron chi connectivity index (χ3n) is 4.67. The Bertz CT molecular complexity index is 1240. The van der Waals surface area contributed by atoms with Crippen LogP contribution in [0.1, 0.15) is 32.2 Å². The van der Waals surface area contributed by atoms with Crippen LogP contribution in [0.5, 0.6) is 0 Å². The number of imidazole rings is 1. The highest BCUT2D eigenvalue weighted by atomic mass is 32.2. The number of benzene rings is 1. The highest BCUT2D eigenvalue weighted by Crippen LogP contribution is 2.33. The molecule has 2 heterocycles. The molecule has 7 nitrogen and oxygen atoms in total. The second-order valence-corrected chi connectivity index (χ2v) is 10.6. The predicted octanol–water partition coefficient (Wildman–Crippen LogP) is 3.44. The Morgan fingerprint density at radius 2 is 1.76 bits per heavy atom. The maximum atomic E-state index is 12.1. The van der Waals surface area contributed by atoms with E-state index in [9.17, 15) is 13.2 Å². The summed E-state index contributed by atoms with van der Waals surface area (Å²) in [6, 6.07) is 5.61. The van der Waals surface area contributed by atoms with Gasteiger partial charge in [-0.15, -0.1) is 0 Å². The van der Waals surface area contributed by atoms with Crippen molar-refractivity contribution in [3.8, 4) is 11.1 Å². The summed E-state index contributed by atoms with van der Waals surface area (Å²) in [6.07, 6.45) is 2.89. The van der Waals surface area contributed by atoms with E-state index in [1.54, 1.807) is 26.2 Å². The Morgan fingerprint density at radius 3 is 2.31 bits per heavy atom. The number of hydrogen-bond donors (Lipinski definition) is 1. The number of anilines is 1. The van der Waals surface area contributed by atoms with E-state index in [-0.39, 0.29) is 11.0 Å². The fraction of sp³-hybridized carbons (Fsp3) is 0.429. The van der Waals surface area contributed by atoms with Gasteiger partial charge in [0.2, 0.25) is 10.0 Å². The summed E-state index contributed by atoms with van der Waals surface area (Å²) in [4.78, 5) is 16.7. The lowest BCUT2D eigenvalue weighted by Crippen LogP contribution is -2.18. The fourth-order valence-electron chi connectivity index (χ4n) is 3.49. The minimum Gasteiger partial charge on any atom is -0.328 e. The summed E-state index contributed by atoms with van der Waals surface area (Å²) in [7, 11) is -1.77. The van der Waals surface area contributed by atoms with Crippen molar-refractivity contribution in [3.05, 3.63) is 46.1 Å². The lowest BCUT2D eigenvalue weighted by atomic mass is 9.96. The second kappa shape index (κ2) is 7.02. The van der Waals surface area contributed by atoms with Crippen molar-refractivity contribution in [2.75, 3.05) is 11.0 Å². The van der Waals surface area contributed by atoms with Gasteiger partial charge in [0.25, 0.3) is 5.56 Å². The van der Waals surface area contributed by atoms with Crippen LogP contribution in [0.2, 0.25) is 0 Å². The number of nitrogens with zero attached hydrogens (tertiary/aromatic N) is 3.